The van der Waals surface area contributed by atoms with Gasteiger partial charge in [-0.3, -0.25) is 9.10 Å². The minimum Gasteiger partial charge on any atom is -0.330 e. The van der Waals surface area contributed by atoms with Gasteiger partial charge in [0, 0.05) is 11.1 Å². The van der Waals surface area contributed by atoms with E-state index in [0.29, 0.717) is 13.1 Å². The van der Waals surface area contributed by atoms with E-state index in [0.717, 1.165) is 23.7 Å². The summed E-state index contributed by atoms with van der Waals surface area (Å²) in [5, 5.41) is 0. The van der Waals surface area contributed by atoms with Crippen LogP contribution in [0, 0.1) is 5.82 Å². The molecule has 6 nitrogen and oxygen atoms in total. The van der Waals surface area contributed by atoms with E-state index in [1.54, 1.807) is 11.0 Å². The van der Waals surface area contributed by atoms with Crippen molar-refractivity contribution < 1.29 is 22.5 Å². The number of anilines is 1. The Morgan fingerprint density at radius 3 is 1.91 bits per heavy atom. The van der Waals surface area contributed by atoms with Gasteiger partial charge in [-0.2, -0.15) is 0 Å². The van der Waals surface area contributed by atoms with Crippen LogP contribution in [0.1, 0.15) is 17.2 Å². The Morgan fingerprint density at radius 1 is 0.912 bits per heavy atom. The fourth-order valence-electron chi connectivity index (χ4n) is 4.54. The average Bonchev–Trinajstić information content (AvgIpc) is 2.84. The number of carbonyl (C=O) groups is 1. The summed E-state index contributed by atoms with van der Waals surface area (Å²) >= 11 is 0. The summed E-state index contributed by atoms with van der Waals surface area (Å²) in [6.45, 7) is 2.02. The van der Waals surface area contributed by atoms with E-state index in [4.69, 9.17) is 0 Å². The summed E-state index contributed by atoms with van der Waals surface area (Å²) in [6, 6.07) is 26.4. The Bertz CT molecular complexity index is 1170. The van der Waals surface area contributed by atoms with Crippen LogP contribution in [0.3, 0.4) is 0 Å². The van der Waals surface area contributed by atoms with Crippen molar-refractivity contribution in [2.45, 2.75) is 6.04 Å². The number of sulfonamides is 1. The fourth-order valence-corrected chi connectivity index (χ4v) is 5.40. The first kappa shape index (κ1) is 23.9. The highest BCUT2D eigenvalue weighted by Gasteiger charge is 2.33. The van der Waals surface area contributed by atoms with Gasteiger partial charge in [-0.15, -0.1) is 0 Å². The van der Waals surface area contributed by atoms with Gasteiger partial charge in [0.25, 0.3) is 0 Å². The molecule has 1 saturated heterocycles. The second-order valence-electron chi connectivity index (χ2n) is 8.51. The maximum atomic E-state index is 14.3. The second kappa shape index (κ2) is 10.4. The number of rotatable bonds is 7. The summed E-state index contributed by atoms with van der Waals surface area (Å²) in [7, 11) is -3.83. The van der Waals surface area contributed by atoms with E-state index < -0.39 is 22.4 Å². The number of hydrogen-bond donors (Lipinski definition) is 1. The van der Waals surface area contributed by atoms with Crippen LogP contribution in [0.15, 0.2) is 84.9 Å². The molecular weight excluding hydrogens is 453 g/mol. The molecule has 1 aliphatic heterocycles. The van der Waals surface area contributed by atoms with Gasteiger partial charge in [0.05, 0.1) is 38.1 Å². The van der Waals surface area contributed by atoms with E-state index in [-0.39, 0.29) is 17.6 Å². The van der Waals surface area contributed by atoms with E-state index in [2.05, 4.69) is 24.3 Å². The number of quaternary nitrogens is 1. The molecular formula is C26H29FN3O3S+. The number of nitrogens with zero attached hydrogens (tertiary/aromatic N) is 2. The number of para-hydroxylation sites is 1. The number of carbonyl (C=O) groups excluding carboxylic acids is 1. The highest BCUT2D eigenvalue weighted by Crippen LogP contribution is 2.22. The van der Waals surface area contributed by atoms with Crippen LogP contribution < -0.4 is 9.21 Å². The van der Waals surface area contributed by atoms with Gasteiger partial charge in [0.2, 0.25) is 15.9 Å². The Morgan fingerprint density at radius 2 is 1.41 bits per heavy atom. The molecule has 0 aliphatic carbocycles. The van der Waals surface area contributed by atoms with Crippen molar-refractivity contribution >= 4 is 21.6 Å². The molecule has 0 spiro atoms. The molecule has 1 fully saturated rings. The molecule has 4 rings (SSSR count). The first-order chi connectivity index (χ1) is 16.3. The molecule has 0 saturated carbocycles. The summed E-state index contributed by atoms with van der Waals surface area (Å²) in [4.78, 5) is 16.1. The molecule has 1 heterocycles. The first-order valence-corrected chi connectivity index (χ1v) is 13.1. The molecule has 8 heteroatoms. The maximum absolute atomic E-state index is 14.3. The molecule has 3 aromatic rings. The molecule has 0 radical (unpaired) electrons. The van der Waals surface area contributed by atoms with Crippen LogP contribution in [0.4, 0.5) is 10.1 Å². The summed E-state index contributed by atoms with van der Waals surface area (Å²) in [5.41, 5.74) is 2.31. The highest BCUT2D eigenvalue weighted by molar-refractivity contribution is 7.92. The van der Waals surface area contributed by atoms with Crippen molar-refractivity contribution in [2.75, 3.05) is 43.3 Å². The van der Waals surface area contributed by atoms with Gasteiger partial charge < -0.3 is 9.80 Å². The second-order valence-corrected chi connectivity index (χ2v) is 10.4. The maximum Gasteiger partial charge on any atom is 0.243 e. The molecule has 0 atom stereocenters. The van der Waals surface area contributed by atoms with E-state index >= 15 is 0 Å². The monoisotopic (exact) mass is 482 g/mol. The van der Waals surface area contributed by atoms with Crippen LogP contribution in [-0.2, 0) is 14.8 Å². The van der Waals surface area contributed by atoms with Gasteiger partial charge in [-0.05, 0) is 12.1 Å². The molecule has 3 aromatic carbocycles. The number of hydrogen-bond acceptors (Lipinski definition) is 3. The van der Waals surface area contributed by atoms with Crippen molar-refractivity contribution in [2.24, 2.45) is 0 Å². The van der Waals surface area contributed by atoms with Gasteiger partial charge in [-0.1, -0.05) is 72.8 Å². The minimum atomic E-state index is -3.83. The largest absolute Gasteiger partial charge is 0.330 e. The Balaban J connectivity index is 1.48. The predicted octanol–water partition coefficient (Wildman–Crippen LogP) is 2.11. The third-order valence-corrected chi connectivity index (χ3v) is 7.36. The number of halogens is 1. The van der Waals surface area contributed by atoms with Gasteiger partial charge in [0.15, 0.2) is 0 Å². The lowest BCUT2D eigenvalue weighted by molar-refractivity contribution is -0.929. The van der Waals surface area contributed by atoms with Gasteiger partial charge in [-0.25, -0.2) is 12.8 Å². The van der Waals surface area contributed by atoms with Crippen LogP contribution in [-0.4, -0.2) is 58.2 Å². The average molecular weight is 483 g/mol. The van der Waals surface area contributed by atoms with Crippen molar-refractivity contribution in [1.29, 1.82) is 0 Å². The zero-order chi connectivity index (χ0) is 24.1. The molecule has 178 valence electrons. The quantitative estimate of drug-likeness (QED) is 0.561. The van der Waals surface area contributed by atoms with Gasteiger partial charge in [0.1, 0.15) is 18.4 Å². The topological polar surface area (TPSA) is 62.1 Å². The standard InChI is InChI=1S/C26H28FN3O3S/c1-34(32,33)30(24-15-9-8-14-23(24)27)20-25(31)28-16-18-29(19-17-28)26(21-10-4-2-5-11-21)22-12-6-3-7-13-22/h2-15,26H,16-20H2,1H3/p+1. The van der Waals surface area contributed by atoms with Gasteiger partial charge >= 0.3 is 0 Å². The highest BCUT2D eigenvalue weighted by atomic mass is 32.2. The van der Waals surface area contributed by atoms with Crippen LogP contribution in [0.5, 0.6) is 0 Å². The van der Waals surface area contributed by atoms with Crippen LogP contribution in [0.25, 0.3) is 0 Å². The molecule has 1 amide bonds. The zero-order valence-electron chi connectivity index (χ0n) is 19.1. The van der Waals surface area contributed by atoms with E-state index in [9.17, 15) is 17.6 Å². The zero-order valence-corrected chi connectivity index (χ0v) is 19.9. The van der Waals surface area contributed by atoms with Crippen LogP contribution in [0.2, 0.25) is 0 Å². The lowest BCUT2D eigenvalue weighted by Gasteiger charge is -2.37. The molecule has 0 aromatic heterocycles. The predicted molar refractivity (Wildman–Crippen MR) is 131 cm³/mol. The smallest absolute Gasteiger partial charge is 0.243 e. The number of amides is 1. The molecule has 1 aliphatic rings. The summed E-state index contributed by atoms with van der Waals surface area (Å²) < 4.78 is 39.8. The molecule has 1 N–H and O–H groups in total. The lowest BCUT2D eigenvalue weighted by Crippen LogP contribution is -3.15. The number of piperazine rings is 1. The third kappa shape index (κ3) is 5.46. The first-order valence-electron chi connectivity index (χ1n) is 11.3. The SMILES string of the molecule is CS(=O)(=O)N(CC(=O)N1CC[NH+](C(c2ccccc2)c2ccccc2)CC1)c1ccccc1F. The Labute approximate surface area is 200 Å². The number of benzene rings is 3. The Hall–Kier alpha value is -3.23. The lowest BCUT2D eigenvalue weighted by atomic mass is 9.96. The fraction of sp³-hybridized carbons (Fsp3) is 0.269. The molecule has 0 unspecified atom stereocenters. The third-order valence-electron chi connectivity index (χ3n) is 6.23. The van der Waals surface area contributed by atoms with E-state index in [1.165, 1.54) is 34.2 Å². The molecule has 34 heavy (non-hydrogen) atoms. The Kier molecular flexibility index (Phi) is 7.29. The van der Waals surface area contributed by atoms with Crippen molar-refractivity contribution in [3.63, 3.8) is 0 Å². The van der Waals surface area contributed by atoms with Crippen molar-refractivity contribution in [3.05, 3.63) is 102 Å². The minimum absolute atomic E-state index is 0.115. The summed E-state index contributed by atoms with van der Waals surface area (Å²) in [6.07, 6.45) is 0.985. The normalized spacial score (nSPS) is 14.9. The van der Waals surface area contributed by atoms with Crippen molar-refractivity contribution in [1.82, 2.24) is 4.90 Å². The van der Waals surface area contributed by atoms with Crippen LogP contribution >= 0.6 is 0 Å². The summed E-state index contributed by atoms with van der Waals surface area (Å²) in [5.74, 6) is -1.01. The van der Waals surface area contributed by atoms with E-state index in [1.807, 2.05) is 36.4 Å². The number of nitrogens with one attached hydrogen (secondary N) is 1. The molecule has 0 bridgehead atoms. The van der Waals surface area contributed by atoms with Crippen molar-refractivity contribution in [3.8, 4) is 0 Å².